The van der Waals surface area contributed by atoms with Gasteiger partial charge in [0.2, 0.25) is 0 Å². The molecular weight excluding hydrogens is 217 g/mol. The second-order valence-corrected chi connectivity index (χ2v) is 4.02. The zero-order chi connectivity index (χ0) is 11.6. The normalized spacial score (nSPS) is 26.7. The van der Waals surface area contributed by atoms with Crippen molar-refractivity contribution in [3.63, 3.8) is 0 Å². The number of pyridine rings is 1. The summed E-state index contributed by atoms with van der Waals surface area (Å²) >= 11 is 0. The van der Waals surface area contributed by atoms with Gasteiger partial charge in [-0.2, -0.15) is 13.2 Å². The lowest BCUT2D eigenvalue weighted by atomic mass is 9.90. The highest BCUT2D eigenvalue weighted by molar-refractivity contribution is 5.09. The molecule has 1 aliphatic rings. The highest BCUT2D eigenvalue weighted by Gasteiger charge is 2.42. The van der Waals surface area contributed by atoms with E-state index in [2.05, 4.69) is 10.3 Å². The molecule has 0 saturated carbocycles. The van der Waals surface area contributed by atoms with E-state index in [-0.39, 0.29) is 18.9 Å². The minimum absolute atomic E-state index is 0.0838. The molecule has 1 aromatic heterocycles. The number of halogens is 3. The Kier molecular flexibility index (Phi) is 3.14. The van der Waals surface area contributed by atoms with Crippen molar-refractivity contribution >= 4 is 0 Å². The van der Waals surface area contributed by atoms with Crippen molar-refractivity contribution in [3.05, 3.63) is 30.1 Å². The Morgan fingerprint density at radius 3 is 2.75 bits per heavy atom. The van der Waals surface area contributed by atoms with Crippen LogP contribution in [0.2, 0.25) is 0 Å². The molecule has 1 aromatic rings. The summed E-state index contributed by atoms with van der Waals surface area (Å²) in [5.41, 5.74) is 0.691. The van der Waals surface area contributed by atoms with E-state index in [1.807, 2.05) is 0 Å². The summed E-state index contributed by atoms with van der Waals surface area (Å²) < 4.78 is 37.7. The zero-order valence-electron chi connectivity index (χ0n) is 8.67. The first-order valence-corrected chi connectivity index (χ1v) is 5.28. The quantitative estimate of drug-likeness (QED) is 0.802. The van der Waals surface area contributed by atoms with Gasteiger partial charge in [-0.3, -0.25) is 4.98 Å². The van der Waals surface area contributed by atoms with Crippen molar-refractivity contribution in [1.29, 1.82) is 0 Å². The molecule has 5 heteroatoms. The van der Waals surface area contributed by atoms with E-state index in [0.29, 0.717) is 12.2 Å². The predicted octanol–water partition coefficient (Wildman–Crippen LogP) is 2.68. The average molecular weight is 230 g/mol. The Morgan fingerprint density at radius 2 is 2.12 bits per heavy atom. The Balaban J connectivity index is 2.08. The van der Waals surface area contributed by atoms with Crippen LogP contribution < -0.4 is 5.32 Å². The summed E-state index contributed by atoms with van der Waals surface area (Å²) in [5.74, 6) is -1.21. The SMILES string of the molecule is FC(F)(F)[C@@H]1CCN[C@@H](c2ccccn2)C1. The maximum Gasteiger partial charge on any atom is 0.391 e. The van der Waals surface area contributed by atoms with Crippen LogP contribution in [0, 0.1) is 5.92 Å². The van der Waals surface area contributed by atoms with E-state index in [1.54, 1.807) is 24.4 Å². The van der Waals surface area contributed by atoms with Gasteiger partial charge >= 0.3 is 6.18 Å². The maximum atomic E-state index is 12.6. The second-order valence-electron chi connectivity index (χ2n) is 4.02. The second kappa shape index (κ2) is 4.41. The summed E-state index contributed by atoms with van der Waals surface area (Å²) in [7, 11) is 0. The lowest BCUT2D eigenvalue weighted by Crippen LogP contribution is -2.38. The number of hydrogen-bond donors (Lipinski definition) is 1. The third-order valence-electron chi connectivity index (χ3n) is 2.91. The Bertz CT molecular complexity index is 337. The molecule has 1 saturated heterocycles. The minimum atomic E-state index is -4.09. The van der Waals surface area contributed by atoms with Crippen LogP contribution in [0.5, 0.6) is 0 Å². The molecule has 0 radical (unpaired) electrons. The smallest absolute Gasteiger partial charge is 0.309 e. The number of aromatic nitrogens is 1. The molecule has 16 heavy (non-hydrogen) atoms. The van der Waals surface area contributed by atoms with E-state index in [9.17, 15) is 13.2 Å². The third kappa shape index (κ3) is 2.52. The van der Waals surface area contributed by atoms with Crippen LogP contribution in [0.1, 0.15) is 24.6 Å². The number of rotatable bonds is 1. The highest BCUT2D eigenvalue weighted by Crippen LogP contribution is 2.37. The van der Waals surface area contributed by atoms with Crippen molar-refractivity contribution in [2.45, 2.75) is 25.1 Å². The van der Waals surface area contributed by atoms with Crippen LogP contribution in [0.25, 0.3) is 0 Å². The topological polar surface area (TPSA) is 24.9 Å². The molecule has 0 spiro atoms. The molecule has 0 aromatic carbocycles. The minimum Gasteiger partial charge on any atom is -0.309 e. The summed E-state index contributed by atoms with van der Waals surface area (Å²) in [4.78, 5) is 4.09. The van der Waals surface area contributed by atoms with Gasteiger partial charge in [0.05, 0.1) is 17.7 Å². The Labute approximate surface area is 91.9 Å². The van der Waals surface area contributed by atoms with E-state index < -0.39 is 12.1 Å². The van der Waals surface area contributed by atoms with E-state index in [1.165, 1.54) is 0 Å². The monoisotopic (exact) mass is 230 g/mol. The van der Waals surface area contributed by atoms with Gasteiger partial charge in [-0.05, 0) is 31.5 Å². The lowest BCUT2D eigenvalue weighted by Gasteiger charge is -2.31. The molecule has 1 aliphatic heterocycles. The molecule has 0 bridgehead atoms. The first kappa shape index (κ1) is 11.4. The first-order chi connectivity index (χ1) is 7.57. The van der Waals surface area contributed by atoms with Gasteiger partial charge in [-0.1, -0.05) is 6.07 Å². The van der Waals surface area contributed by atoms with Gasteiger partial charge < -0.3 is 5.32 Å². The predicted molar refractivity (Wildman–Crippen MR) is 53.8 cm³/mol. The van der Waals surface area contributed by atoms with Crippen LogP contribution in [0.4, 0.5) is 13.2 Å². The molecular formula is C11H13F3N2. The highest BCUT2D eigenvalue weighted by atomic mass is 19.4. The molecule has 1 N–H and O–H groups in total. The van der Waals surface area contributed by atoms with Crippen molar-refractivity contribution in [1.82, 2.24) is 10.3 Å². The molecule has 0 amide bonds. The van der Waals surface area contributed by atoms with Crippen LogP contribution in [0.15, 0.2) is 24.4 Å². The standard InChI is InChI=1S/C11H13F3N2/c12-11(13,14)8-4-6-16-10(7-8)9-3-1-2-5-15-9/h1-3,5,8,10,16H,4,6-7H2/t8-,10-/m1/s1. The largest absolute Gasteiger partial charge is 0.391 e. The molecule has 2 nitrogen and oxygen atoms in total. The van der Waals surface area contributed by atoms with Gasteiger partial charge in [-0.15, -0.1) is 0 Å². The Hall–Kier alpha value is -1.10. The summed E-state index contributed by atoms with van der Waals surface area (Å²) in [6, 6.07) is 5.03. The summed E-state index contributed by atoms with van der Waals surface area (Å²) in [6.07, 6.45) is -2.24. The molecule has 0 aliphatic carbocycles. The van der Waals surface area contributed by atoms with Crippen LogP contribution in [-0.4, -0.2) is 17.7 Å². The lowest BCUT2D eigenvalue weighted by molar-refractivity contribution is -0.183. The molecule has 2 rings (SSSR count). The fraction of sp³-hybridized carbons (Fsp3) is 0.545. The third-order valence-corrected chi connectivity index (χ3v) is 2.91. The average Bonchev–Trinajstić information content (AvgIpc) is 2.29. The van der Waals surface area contributed by atoms with Gasteiger partial charge in [0.15, 0.2) is 0 Å². The van der Waals surface area contributed by atoms with Gasteiger partial charge in [0, 0.05) is 6.20 Å². The van der Waals surface area contributed by atoms with E-state index >= 15 is 0 Å². The zero-order valence-corrected chi connectivity index (χ0v) is 8.67. The van der Waals surface area contributed by atoms with E-state index in [4.69, 9.17) is 0 Å². The molecule has 0 unspecified atom stereocenters. The summed E-state index contributed by atoms with van der Waals surface area (Å²) in [6.45, 7) is 0.394. The van der Waals surface area contributed by atoms with Crippen LogP contribution in [-0.2, 0) is 0 Å². The van der Waals surface area contributed by atoms with Crippen molar-refractivity contribution in [2.24, 2.45) is 5.92 Å². The Morgan fingerprint density at radius 1 is 1.31 bits per heavy atom. The molecule has 2 heterocycles. The molecule has 88 valence electrons. The van der Waals surface area contributed by atoms with Crippen molar-refractivity contribution in [3.8, 4) is 0 Å². The number of alkyl halides is 3. The molecule has 1 fully saturated rings. The number of piperidine rings is 1. The summed E-state index contributed by atoms with van der Waals surface area (Å²) in [5, 5.41) is 3.07. The van der Waals surface area contributed by atoms with Crippen LogP contribution >= 0.6 is 0 Å². The maximum absolute atomic E-state index is 12.6. The first-order valence-electron chi connectivity index (χ1n) is 5.28. The van der Waals surface area contributed by atoms with Crippen molar-refractivity contribution in [2.75, 3.05) is 6.54 Å². The molecule has 2 atom stereocenters. The van der Waals surface area contributed by atoms with Gasteiger partial charge in [0.25, 0.3) is 0 Å². The number of nitrogens with one attached hydrogen (secondary N) is 1. The van der Waals surface area contributed by atoms with Gasteiger partial charge in [0.1, 0.15) is 0 Å². The fourth-order valence-corrected chi connectivity index (χ4v) is 2.02. The number of nitrogens with zero attached hydrogens (tertiary/aromatic N) is 1. The van der Waals surface area contributed by atoms with Crippen molar-refractivity contribution < 1.29 is 13.2 Å². The van der Waals surface area contributed by atoms with Crippen LogP contribution in [0.3, 0.4) is 0 Å². The van der Waals surface area contributed by atoms with E-state index in [0.717, 1.165) is 0 Å². The van der Waals surface area contributed by atoms with Gasteiger partial charge in [-0.25, -0.2) is 0 Å². The fourth-order valence-electron chi connectivity index (χ4n) is 2.02. The number of hydrogen-bond acceptors (Lipinski definition) is 2.